The molecule has 0 fully saturated rings. The minimum absolute atomic E-state index is 0.0205. The molecule has 0 radical (unpaired) electrons. The molecule has 3 N–H and O–H groups in total. The molecule has 0 amide bonds. The minimum Gasteiger partial charge on any atom is -0.409 e. The Hall–Kier alpha value is -2.25. The van der Waals surface area contributed by atoms with Crippen LogP contribution >= 0.6 is 23.4 Å². The van der Waals surface area contributed by atoms with Crippen molar-refractivity contribution in [2.45, 2.75) is 9.79 Å². The highest BCUT2D eigenvalue weighted by atomic mass is 35.5. The summed E-state index contributed by atoms with van der Waals surface area (Å²) in [7, 11) is 0. The fourth-order valence-corrected chi connectivity index (χ4v) is 2.72. The van der Waals surface area contributed by atoms with Gasteiger partial charge in [-0.3, -0.25) is 10.1 Å². The molecule has 0 aliphatic heterocycles. The summed E-state index contributed by atoms with van der Waals surface area (Å²) in [6, 6.07) is 11.1. The van der Waals surface area contributed by atoms with Gasteiger partial charge in [0.15, 0.2) is 5.84 Å². The number of non-ortho nitro benzene ring substituents is 1. The van der Waals surface area contributed by atoms with Crippen LogP contribution in [0.5, 0.6) is 0 Å². The number of nitro groups is 1. The van der Waals surface area contributed by atoms with Crippen LogP contribution in [-0.2, 0) is 0 Å². The van der Waals surface area contributed by atoms with Crippen LogP contribution in [0.25, 0.3) is 0 Å². The van der Waals surface area contributed by atoms with Gasteiger partial charge < -0.3 is 10.9 Å². The van der Waals surface area contributed by atoms with Crippen molar-refractivity contribution in [3.05, 3.63) is 63.2 Å². The number of rotatable bonds is 4. The summed E-state index contributed by atoms with van der Waals surface area (Å²) in [5.74, 6) is -0.0538. The average molecular weight is 324 g/mol. The zero-order chi connectivity index (χ0) is 15.4. The van der Waals surface area contributed by atoms with Crippen LogP contribution in [0.2, 0.25) is 5.02 Å². The van der Waals surface area contributed by atoms with Crippen molar-refractivity contribution in [1.82, 2.24) is 0 Å². The lowest BCUT2D eigenvalue weighted by Crippen LogP contribution is -2.14. The van der Waals surface area contributed by atoms with E-state index in [9.17, 15) is 10.1 Å². The lowest BCUT2D eigenvalue weighted by Gasteiger charge is -2.08. The average Bonchev–Trinajstić information content (AvgIpc) is 2.48. The number of hydrogen-bond donors (Lipinski definition) is 2. The third-order valence-electron chi connectivity index (χ3n) is 2.60. The second-order valence-corrected chi connectivity index (χ2v) is 5.53. The fraction of sp³-hybridized carbons (Fsp3) is 0. The molecule has 6 nitrogen and oxygen atoms in total. The number of halogens is 1. The molecule has 2 aromatic carbocycles. The molecule has 2 rings (SSSR count). The third-order valence-corrected chi connectivity index (χ3v) is 3.92. The first kappa shape index (κ1) is 15.1. The molecule has 0 atom stereocenters. The zero-order valence-electron chi connectivity index (χ0n) is 10.6. The van der Waals surface area contributed by atoms with Crippen LogP contribution in [0.15, 0.2) is 57.4 Å². The van der Waals surface area contributed by atoms with E-state index < -0.39 is 4.92 Å². The summed E-state index contributed by atoms with van der Waals surface area (Å²) >= 11 is 7.23. The van der Waals surface area contributed by atoms with E-state index in [0.29, 0.717) is 10.6 Å². The van der Waals surface area contributed by atoms with Gasteiger partial charge in [0.1, 0.15) is 0 Å². The van der Waals surface area contributed by atoms with Gasteiger partial charge in [-0.1, -0.05) is 28.5 Å². The lowest BCUT2D eigenvalue weighted by atomic mass is 10.2. The predicted octanol–water partition coefficient (Wildman–Crippen LogP) is 3.49. The highest BCUT2D eigenvalue weighted by Gasteiger charge is 2.11. The van der Waals surface area contributed by atoms with Gasteiger partial charge in [0, 0.05) is 32.5 Å². The summed E-state index contributed by atoms with van der Waals surface area (Å²) in [5, 5.41) is 22.9. The standard InChI is InChI=1S/C13H10ClN3O3S/c14-8-1-6-12(11(7-8)13(15)16-18)21-10-4-2-9(3-5-10)17(19)20/h1-7,18H,(H2,15,16). The highest BCUT2D eigenvalue weighted by Crippen LogP contribution is 2.32. The maximum atomic E-state index is 10.6. The Morgan fingerprint density at radius 2 is 1.95 bits per heavy atom. The minimum atomic E-state index is -0.460. The normalized spacial score (nSPS) is 11.4. The van der Waals surface area contributed by atoms with Gasteiger partial charge in [0.05, 0.1) is 4.92 Å². The van der Waals surface area contributed by atoms with E-state index >= 15 is 0 Å². The number of oxime groups is 1. The quantitative estimate of drug-likeness (QED) is 0.295. The van der Waals surface area contributed by atoms with Crippen LogP contribution in [0.1, 0.15) is 5.56 Å². The molecule has 8 heteroatoms. The van der Waals surface area contributed by atoms with E-state index in [1.54, 1.807) is 30.3 Å². The molecule has 0 heterocycles. The Kier molecular flexibility index (Phi) is 4.66. The molecule has 0 aromatic heterocycles. The Balaban J connectivity index is 2.33. The first-order valence-corrected chi connectivity index (χ1v) is 6.90. The first-order valence-electron chi connectivity index (χ1n) is 5.71. The molecule has 0 aliphatic carbocycles. The molecule has 0 bridgehead atoms. The van der Waals surface area contributed by atoms with Crippen LogP contribution in [-0.4, -0.2) is 16.0 Å². The lowest BCUT2D eigenvalue weighted by molar-refractivity contribution is -0.384. The van der Waals surface area contributed by atoms with Gasteiger partial charge in [-0.05, 0) is 30.3 Å². The van der Waals surface area contributed by atoms with Crippen LogP contribution < -0.4 is 5.73 Å². The van der Waals surface area contributed by atoms with Gasteiger partial charge >= 0.3 is 0 Å². The summed E-state index contributed by atoms with van der Waals surface area (Å²) < 4.78 is 0. The van der Waals surface area contributed by atoms with Gasteiger partial charge in [0.25, 0.3) is 5.69 Å². The largest absolute Gasteiger partial charge is 0.409 e. The number of nitrogens with zero attached hydrogens (tertiary/aromatic N) is 2. The van der Waals surface area contributed by atoms with Crippen molar-refractivity contribution in [2.24, 2.45) is 10.9 Å². The highest BCUT2D eigenvalue weighted by molar-refractivity contribution is 7.99. The van der Waals surface area contributed by atoms with E-state index in [0.717, 1.165) is 9.79 Å². The number of amidine groups is 1. The maximum absolute atomic E-state index is 10.6. The van der Waals surface area contributed by atoms with Gasteiger partial charge in [-0.25, -0.2) is 0 Å². The second-order valence-electron chi connectivity index (χ2n) is 3.98. The number of nitro benzene ring substituents is 1. The maximum Gasteiger partial charge on any atom is 0.269 e. The Morgan fingerprint density at radius 1 is 1.29 bits per heavy atom. The number of nitrogens with two attached hydrogens (primary N) is 1. The molecular weight excluding hydrogens is 314 g/mol. The molecule has 21 heavy (non-hydrogen) atoms. The molecular formula is C13H10ClN3O3S. The summed E-state index contributed by atoms with van der Waals surface area (Å²) in [6.45, 7) is 0. The Bertz CT molecular complexity index is 704. The first-order chi connectivity index (χ1) is 10.0. The van der Waals surface area contributed by atoms with E-state index in [-0.39, 0.29) is 11.5 Å². The molecule has 0 saturated carbocycles. The van der Waals surface area contributed by atoms with Gasteiger partial charge in [0.2, 0.25) is 0 Å². The molecule has 0 spiro atoms. The van der Waals surface area contributed by atoms with Crippen LogP contribution in [0, 0.1) is 10.1 Å². The fourth-order valence-electron chi connectivity index (χ4n) is 1.61. The van der Waals surface area contributed by atoms with Crippen LogP contribution in [0.4, 0.5) is 5.69 Å². The molecule has 0 unspecified atom stereocenters. The zero-order valence-corrected chi connectivity index (χ0v) is 12.1. The molecule has 0 aliphatic rings. The van der Waals surface area contributed by atoms with E-state index in [1.807, 2.05) is 0 Å². The summed E-state index contributed by atoms with van der Waals surface area (Å²) in [4.78, 5) is 11.7. The van der Waals surface area contributed by atoms with Gasteiger partial charge in [-0.15, -0.1) is 0 Å². The van der Waals surface area contributed by atoms with Crippen molar-refractivity contribution in [3.8, 4) is 0 Å². The smallest absolute Gasteiger partial charge is 0.269 e. The van der Waals surface area contributed by atoms with Crippen molar-refractivity contribution in [3.63, 3.8) is 0 Å². The monoisotopic (exact) mass is 323 g/mol. The summed E-state index contributed by atoms with van der Waals surface area (Å²) in [6.07, 6.45) is 0. The second kappa shape index (κ2) is 6.47. The van der Waals surface area contributed by atoms with Crippen LogP contribution in [0.3, 0.4) is 0 Å². The van der Waals surface area contributed by atoms with Crippen molar-refractivity contribution in [2.75, 3.05) is 0 Å². The topological polar surface area (TPSA) is 102 Å². The van der Waals surface area contributed by atoms with E-state index in [4.69, 9.17) is 22.5 Å². The Labute approximate surface area is 129 Å². The predicted molar refractivity (Wildman–Crippen MR) is 81.2 cm³/mol. The summed E-state index contributed by atoms with van der Waals surface area (Å²) in [5.41, 5.74) is 6.13. The third kappa shape index (κ3) is 3.65. The van der Waals surface area contributed by atoms with Crippen molar-refractivity contribution < 1.29 is 10.1 Å². The molecule has 2 aromatic rings. The number of benzene rings is 2. The SMILES string of the molecule is NC(=NO)c1cc(Cl)ccc1Sc1ccc([N+](=O)[O-])cc1. The van der Waals surface area contributed by atoms with Crippen molar-refractivity contribution >= 4 is 34.9 Å². The van der Waals surface area contributed by atoms with Crippen molar-refractivity contribution in [1.29, 1.82) is 0 Å². The van der Waals surface area contributed by atoms with E-state index in [1.165, 1.54) is 23.9 Å². The number of hydrogen-bond acceptors (Lipinski definition) is 5. The van der Waals surface area contributed by atoms with E-state index in [2.05, 4.69) is 5.16 Å². The Morgan fingerprint density at radius 3 is 2.52 bits per heavy atom. The molecule has 0 saturated heterocycles. The molecule has 108 valence electrons. The van der Waals surface area contributed by atoms with Gasteiger partial charge in [-0.2, -0.15) is 0 Å².